The highest BCUT2D eigenvalue weighted by atomic mass is 35.5. The predicted molar refractivity (Wildman–Crippen MR) is 75.1 cm³/mol. The molecule has 0 saturated heterocycles. The molecule has 0 aliphatic carbocycles. The first-order valence-electron chi connectivity index (χ1n) is 6.30. The van der Waals surface area contributed by atoms with Crippen molar-refractivity contribution in [2.24, 2.45) is 0 Å². The zero-order valence-electron chi connectivity index (χ0n) is 11.4. The van der Waals surface area contributed by atoms with E-state index in [4.69, 9.17) is 16.3 Å². The molecule has 1 unspecified atom stereocenters. The number of hydrogen-bond donors (Lipinski definition) is 2. The van der Waals surface area contributed by atoms with E-state index in [0.717, 1.165) is 12.1 Å². The smallest absolute Gasteiger partial charge is 0.141 e. The quantitative estimate of drug-likeness (QED) is 0.722. The maximum Gasteiger partial charge on any atom is 0.141 e. The van der Waals surface area contributed by atoms with Crippen LogP contribution in [0.4, 0.5) is 4.39 Å². The van der Waals surface area contributed by atoms with E-state index in [1.54, 1.807) is 26.2 Å². The fraction of sp³-hybridized carbons (Fsp3) is 0.571. The summed E-state index contributed by atoms with van der Waals surface area (Å²) < 4.78 is 18.0. The molecule has 0 saturated carbocycles. The Morgan fingerprint density at radius 1 is 1.42 bits per heavy atom. The Morgan fingerprint density at radius 2 is 2.16 bits per heavy atom. The second-order valence-electron chi connectivity index (χ2n) is 4.91. The number of halogens is 2. The number of aliphatic hydroxyl groups is 1. The summed E-state index contributed by atoms with van der Waals surface area (Å²) in [5, 5.41) is 13.5. The molecule has 3 nitrogen and oxygen atoms in total. The summed E-state index contributed by atoms with van der Waals surface area (Å²) in [6.07, 6.45) is 1.05. The minimum absolute atomic E-state index is 0.0894. The van der Waals surface area contributed by atoms with E-state index in [1.165, 1.54) is 6.07 Å². The van der Waals surface area contributed by atoms with Crippen LogP contribution < -0.4 is 5.32 Å². The average Bonchev–Trinajstić information content (AvgIpc) is 2.33. The first-order valence-corrected chi connectivity index (χ1v) is 6.68. The lowest BCUT2D eigenvalue weighted by Gasteiger charge is -2.23. The minimum Gasteiger partial charge on any atom is -0.390 e. The van der Waals surface area contributed by atoms with Gasteiger partial charge in [-0.3, -0.25) is 0 Å². The third-order valence-electron chi connectivity index (χ3n) is 2.89. The molecule has 108 valence electrons. The van der Waals surface area contributed by atoms with Gasteiger partial charge in [-0.2, -0.15) is 0 Å². The summed E-state index contributed by atoms with van der Waals surface area (Å²) in [7, 11) is 1.65. The van der Waals surface area contributed by atoms with Crippen LogP contribution in [-0.2, 0) is 11.2 Å². The molecule has 19 heavy (non-hydrogen) atoms. The van der Waals surface area contributed by atoms with Crippen LogP contribution >= 0.6 is 11.6 Å². The molecule has 0 aromatic heterocycles. The number of rotatable bonds is 8. The zero-order chi connectivity index (χ0) is 14.3. The molecule has 0 radical (unpaired) electrons. The number of benzene rings is 1. The Hall–Kier alpha value is -0.680. The van der Waals surface area contributed by atoms with Crippen molar-refractivity contribution >= 4 is 11.6 Å². The van der Waals surface area contributed by atoms with Gasteiger partial charge in [0.1, 0.15) is 5.82 Å². The van der Waals surface area contributed by atoms with Crippen LogP contribution in [0.3, 0.4) is 0 Å². The molecule has 2 N–H and O–H groups in total. The van der Waals surface area contributed by atoms with Crippen molar-refractivity contribution in [2.75, 3.05) is 26.8 Å². The van der Waals surface area contributed by atoms with Gasteiger partial charge in [-0.25, -0.2) is 4.39 Å². The molecule has 0 fully saturated rings. The average molecular weight is 290 g/mol. The number of hydrogen-bond acceptors (Lipinski definition) is 3. The van der Waals surface area contributed by atoms with Crippen LogP contribution in [0.15, 0.2) is 18.2 Å². The highest BCUT2D eigenvalue weighted by Crippen LogP contribution is 2.21. The predicted octanol–water partition coefficient (Wildman–Crippen LogP) is 2.40. The van der Waals surface area contributed by atoms with Gasteiger partial charge >= 0.3 is 0 Å². The summed E-state index contributed by atoms with van der Waals surface area (Å²) in [5.41, 5.74) is -0.0189. The summed E-state index contributed by atoms with van der Waals surface area (Å²) in [4.78, 5) is 0. The van der Waals surface area contributed by atoms with E-state index >= 15 is 0 Å². The Bertz CT molecular complexity index is 399. The van der Waals surface area contributed by atoms with Crippen molar-refractivity contribution in [3.05, 3.63) is 34.6 Å². The Labute approximate surface area is 118 Å². The van der Waals surface area contributed by atoms with Crippen molar-refractivity contribution in [1.82, 2.24) is 5.32 Å². The number of methoxy groups -OCH3 is 1. The molecular formula is C14H21ClFNO2. The van der Waals surface area contributed by atoms with Crippen LogP contribution in [0, 0.1) is 5.82 Å². The van der Waals surface area contributed by atoms with Gasteiger partial charge in [0.15, 0.2) is 0 Å². The maximum absolute atomic E-state index is 13.0. The van der Waals surface area contributed by atoms with Gasteiger partial charge in [0.05, 0.1) is 17.2 Å². The molecular weight excluding hydrogens is 269 g/mol. The summed E-state index contributed by atoms with van der Waals surface area (Å²) >= 11 is 5.72. The molecule has 0 aliphatic heterocycles. The molecule has 0 spiro atoms. The van der Waals surface area contributed by atoms with Gasteiger partial charge in [-0.05, 0) is 37.6 Å². The van der Waals surface area contributed by atoms with Crippen molar-refractivity contribution in [2.45, 2.75) is 25.4 Å². The Balaban J connectivity index is 2.42. The zero-order valence-corrected chi connectivity index (χ0v) is 12.1. The fourth-order valence-electron chi connectivity index (χ4n) is 1.83. The first kappa shape index (κ1) is 16.4. The largest absolute Gasteiger partial charge is 0.390 e. The second-order valence-corrected chi connectivity index (χ2v) is 5.32. The lowest BCUT2D eigenvalue weighted by atomic mass is 9.93. The van der Waals surface area contributed by atoms with Crippen LogP contribution in [0.25, 0.3) is 0 Å². The topological polar surface area (TPSA) is 41.5 Å². The fourth-order valence-corrected chi connectivity index (χ4v) is 2.04. The molecule has 5 heteroatoms. The lowest BCUT2D eigenvalue weighted by Crippen LogP contribution is -2.33. The highest BCUT2D eigenvalue weighted by Gasteiger charge is 2.20. The Kier molecular flexibility index (Phi) is 6.72. The van der Waals surface area contributed by atoms with Crippen molar-refractivity contribution in [3.8, 4) is 0 Å². The van der Waals surface area contributed by atoms with E-state index < -0.39 is 11.4 Å². The SMILES string of the molecule is COCCNCCC(C)(O)Cc1ccc(F)c(Cl)c1. The van der Waals surface area contributed by atoms with Crippen LogP contribution in [0.5, 0.6) is 0 Å². The van der Waals surface area contributed by atoms with Crippen molar-refractivity contribution < 1.29 is 14.2 Å². The summed E-state index contributed by atoms with van der Waals surface area (Å²) in [5.74, 6) is -0.439. The molecule has 0 amide bonds. The van der Waals surface area contributed by atoms with Crippen molar-refractivity contribution in [1.29, 1.82) is 0 Å². The Morgan fingerprint density at radius 3 is 2.79 bits per heavy atom. The van der Waals surface area contributed by atoms with Crippen molar-refractivity contribution in [3.63, 3.8) is 0 Å². The molecule has 0 aliphatic rings. The van der Waals surface area contributed by atoms with Gasteiger partial charge in [0, 0.05) is 20.1 Å². The normalized spacial score (nSPS) is 14.4. The molecule has 0 bridgehead atoms. The van der Waals surface area contributed by atoms with Crippen LogP contribution in [-0.4, -0.2) is 37.5 Å². The molecule has 0 heterocycles. The van der Waals surface area contributed by atoms with Gasteiger partial charge < -0.3 is 15.2 Å². The molecule has 1 atom stereocenters. The summed E-state index contributed by atoms with van der Waals surface area (Å²) in [6, 6.07) is 4.53. The standard InChI is InChI=1S/C14H21ClFNO2/c1-14(18,5-6-17-7-8-19-2)10-11-3-4-13(16)12(15)9-11/h3-4,9,17-18H,5-8,10H2,1-2H3. The minimum atomic E-state index is -0.846. The molecule has 1 rings (SSSR count). The monoisotopic (exact) mass is 289 g/mol. The number of nitrogens with one attached hydrogen (secondary N) is 1. The molecule has 1 aromatic carbocycles. The lowest BCUT2D eigenvalue weighted by molar-refractivity contribution is 0.0510. The van der Waals surface area contributed by atoms with Gasteiger partial charge in [0.2, 0.25) is 0 Å². The highest BCUT2D eigenvalue weighted by molar-refractivity contribution is 6.30. The first-order chi connectivity index (χ1) is 8.94. The van der Waals surface area contributed by atoms with E-state index in [1.807, 2.05) is 0 Å². The van der Waals surface area contributed by atoms with E-state index in [9.17, 15) is 9.50 Å². The summed E-state index contributed by atoms with van der Waals surface area (Å²) in [6.45, 7) is 3.87. The van der Waals surface area contributed by atoms with E-state index in [0.29, 0.717) is 26.0 Å². The molecule has 1 aromatic rings. The van der Waals surface area contributed by atoms with Gasteiger partial charge in [-0.15, -0.1) is 0 Å². The third kappa shape index (κ3) is 6.34. The van der Waals surface area contributed by atoms with Gasteiger partial charge in [0.25, 0.3) is 0 Å². The third-order valence-corrected chi connectivity index (χ3v) is 3.18. The van der Waals surface area contributed by atoms with Gasteiger partial charge in [-0.1, -0.05) is 17.7 Å². The van der Waals surface area contributed by atoms with E-state index in [-0.39, 0.29) is 5.02 Å². The second kappa shape index (κ2) is 7.80. The van der Waals surface area contributed by atoms with Crippen LogP contribution in [0.1, 0.15) is 18.9 Å². The van der Waals surface area contributed by atoms with Crippen LogP contribution in [0.2, 0.25) is 5.02 Å². The van der Waals surface area contributed by atoms with E-state index in [2.05, 4.69) is 5.32 Å². The maximum atomic E-state index is 13.0. The number of ether oxygens (including phenoxy) is 1.